The average molecular weight is 344 g/mol. The van der Waals surface area contributed by atoms with Crippen LogP contribution in [-0.4, -0.2) is 10.1 Å². The minimum absolute atomic E-state index is 0.584. The van der Waals surface area contributed by atoms with E-state index < -0.39 is 0 Å². The minimum atomic E-state index is 0.584. The summed E-state index contributed by atoms with van der Waals surface area (Å²) >= 11 is 11.5. The van der Waals surface area contributed by atoms with Crippen LogP contribution in [0.15, 0.2) is 42.5 Å². The Morgan fingerprint density at radius 2 is 2.00 bits per heavy atom. The number of hydrogen-bond acceptors (Lipinski definition) is 1. The van der Waals surface area contributed by atoms with Gasteiger partial charge in [0.2, 0.25) is 0 Å². The molecule has 3 rings (SSSR count). The van der Waals surface area contributed by atoms with Crippen molar-refractivity contribution in [2.24, 2.45) is 0 Å². The molecular formula is C18H18ClN3S. The summed E-state index contributed by atoms with van der Waals surface area (Å²) in [5.74, 6) is 0. The molecule has 3 nitrogen and oxygen atoms in total. The maximum atomic E-state index is 6.12. The molecule has 118 valence electrons. The lowest BCUT2D eigenvalue weighted by Gasteiger charge is -2.13. The van der Waals surface area contributed by atoms with Crippen molar-refractivity contribution in [1.29, 1.82) is 0 Å². The summed E-state index contributed by atoms with van der Waals surface area (Å²) in [7, 11) is 0. The zero-order valence-corrected chi connectivity index (χ0v) is 14.6. The number of nitrogens with one attached hydrogen (secondary N) is 3. The highest BCUT2D eigenvalue weighted by Crippen LogP contribution is 2.23. The molecule has 1 heterocycles. The number of H-pyrrole nitrogens is 1. The van der Waals surface area contributed by atoms with Crippen molar-refractivity contribution in [3.8, 4) is 0 Å². The number of benzene rings is 2. The predicted molar refractivity (Wildman–Crippen MR) is 102 cm³/mol. The molecule has 0 spiro atoms. The van der Waals surface area contributed by atoms with Gasteiger partial charge in [0.05, 0.1) is 0 Å². The first-order chi connectivity index (χ1) is 11.0. The van der Waals surface area contributed by atoms with E-state index in [9.17, 15) is 0 Å². The summed E-state index contributed by atoms with van der Waals surface area (Å²) in [6.07, 6.45) is 0. The van der Waals surface area contributed by atoms with Gasteiger partial charge in [0.25, 0.3) is 0 Å². The van der Waals surface area contributed by atoms with E-state index in [0.29, 0.717) is 11.7 Å². The Labute approximate surface area is 146 Å². The summed E-state index contributed by atoms with van der Waals surface area (Å²) in [6.45, 7) is 4.70. The molecule has 0 aliphatic heterocycles. The summed E-state index contributed by atoms with van der Waals surface area (Å²) in [5, 5.41) is 8.95. The van der Waals surface area contributed by atoms with Crippen LogP contribution in [-0.2, 0) is 6.54 Å². The van der Waals surface area contributed by atoms with Crippen LogP contribution >= 0.6 is 23.8 Å². The largest absolute Gasteiger partial charge is 0.359 e. The number of thiocarbonyl (C=S) groups is 1. The van der Waals surface area contributed by atoms with Crippen LogP contribution in [0.4, 0.5) is 5.69 Å². The van der Waals surface area contributed by atoms with E-state index in [0.717, 1.165) is 21.8 Å². The van der Waals surface area contributed by atoms with Gasteiger partial charge in [-0.15, -0.1) is 0 Å². The predicted octanol–water partition coefficient (Wildman–Crippen LogP) is 4.92. The van der Waals surface area contributed by atoms with Gasteiger partial charge in [-0.05, 0) is 72.9 Å². The van der Waals surface area contributed by atoms with Crippen LogP contribution in [0.3, 0.4) is 0 Å². The quantitative estimate of drug-likeness (QED) is 0.591. The van der Waals surface area contributed by atoms with Gasteiger partial charge in [-0.3, -0.25) is 0 Å². The topological polar surface area (TPSA) is 39.8 Å². The Hall–Kier alpha value is -2.04. The highest BCUT2D eigenvalue weighted by atomic mass is 35.5. The molecule has 1 aromatic heterocycles. The van der Waals surface area contributed by atoms with E-state index in [1.807, 2.05) is 25.1 Å². The molecule has 3 N–H and O–H groups in total. The third-order valence-corrected chi connectivity index (χ3v) is 4.44. The molecule has 0 amide bonds. The van der Waals surface area contributed by atoms with Crippen molar-refractivity contribution in [1.82, 2.24) is 10.3 Å². The van der Waals surface area contributed by atoms with Crippen LogP contribution < -0.4 is 10.6 Å². The van der Waals surface area contributed by atoms with Crippen molar-refractivity contribution in [2.45, 2.75) is 20.4 Å². The standard InChI is InChI=1S/C18H18ClN3S/c1-11-8-14-9-13(6-7-17(14)21-11)10-20-18(23)22-16-5-3-4-15(19)12(16)2/h3-9,21H,10H2,1-2H3,(H2,20,22,23). The van der Waals surface area contributed by atoms with E-state index in [1.165, 1.54) is 16.6 Å². The molecule has 2 aromatic carbocycles. The number of fused-ring (bicyclic) bond motifs is 1. The van der Waals surface area contributed by atoms with E-state index in [2.05, 4.69) is 46.8 Å². The van der Waals surface area contributed by atoms with Gasteiger partial charge < -0.3 is 15.6 Å². The molecule has 0 aliphatic carbocycles. The molecule has 23 heavy (non-hydrogen) atoms. The number of aryl methyl sites for hydroxylation is 1. The van der Waals surface area contributed by atoms with Crippen molar-refractivity contribution in [2.75, 3.05) is 5.32 Å². The summed E-state index contributed by atoms with van der Waals surface area (Å²) in [4.78, 5) is 3.32. The van der Waals surface area contributed by atoms with Gasteiger partial charge in [-0.25, -0.2) is 0 Å². The Morgan fingerprint density at radius 3 is 2.83 bits per heavy atom. The van der Waals surface area contributed by atoms with Crippen LogP contribution in [0.1, 0.15) is 16.8 Å². The SMILES string of the molecule is Cc1cc2cc(CNC(=S)Nc3cccc(Cl)c3C)ccc2[nH]1. The minimum Gasteiger partial charge on any atom is -0.359 e. The smallest absolute Gasteiger partial charge is 0.171 e. The van der Waals surface area contributed by atoms with Gasteiger partial charge in [-0.1, -0.05) is 23.7 Å². The summed E-state index contributed by atoms with van der Waals surface area (Å²) in [5.41, 5.74) is 5.41. The lowest BCUT2D eigenvalue weighted by molar-refractivity contribution is 0.927. The maximum Gasteiger partial charge on any atom is 0.171 e. The number of aromatic nitrogens is 1. The van der Waals surface area contributed by atoms with Gasteiger partial charge in [0, 0.05) is 28.5 Å². The number of hydrogen-bond donors (Lipinski definition) is 3. The first kappa shape index (κ1) is 15.8. The van der Waals surface area contributed by atoms with E-state index in [4.69, 9.17) is 23.8 Å². The van der Waals surface area contributed by atoms with Crippen LogP contribution in [0.25, 0.3) is 10.9 Å². The fraction of sp³-hybridized carbons (Fsp3) is 0.167. The van der Waals surface area contributed by atoms with Crippen molar-refractivity contribution < 1.29 is 0 Å². The fourth-order valence-electron chi connectivity index (χ4n) is 2.53. The first-order valence-electron chi connectivity index (χ1n) is 7.41. The number of anilines is 1. The molecule has 0 radical (unpaired) electrons. The third kappa shape index (κ3) is 3.66. The first-order valence-corrected chi connectivity index (χ1v) is 8.20. The van der Waals surface area contributed by atoms with Gasteiger partial charge in [0.15, 0.2) is 5.11 Å². The Balaban J connectivity index is 1.64. The van der Waals surface area contributed by atoms with Crippen molar-refractivity contribution >= 4 is 45.5 Å². The molecular weight excluding hydrogens is 326 g/mol. The molecule has 0 atom stereocenters. The zero-order valence-electron chi connectivity index (χ0n) is 13.0. The fourth-order valence-corrected chi connectivity index (χ4v) is 2.89. The molecule has 3 aromatic rings. The second-order valence-corrected chi connectivity index (χ2v) is 6.41. The normalized spacial score (nSPS) is 10.7. The number of halogens is 1. The monoisotopic (exact) mass is 343 g/mol. The van der Waals surface area contributed by atoms with Gasteiger partial charge in [-0.2, -0.15) is 0 Å². The lowest BCUT2D eigenvalue weighted by Crippen LogP contribution is -2.28. The maximum absolute atomic E-state index is 6.12. The zero-order chi connectivity index (χ0) is 16.4. The van der Waals surface area contributed by atoms with Crippen LogP contribution in [0, 0.1) is 13.8 Å². The van der Waals surface area contributed by atoms with Crippen molar-refractivity contribution in [3.05, 3.63) is 64.3 Å². The summed E-state index contributed by atoms with van der Waals surface area (Å²) < 4.78 is 0. The van der Waals surface area contributed by atoms with Gasteiger partial charge in [0.1, 0.15) is 0 Å². The van der Waals surface area contributed by atoms with Crippen LogP contribution in [0.2, 0.25) is 5.02 Å². The molecule has 0 bridgehead atoms. The second-order valence-electron chi connectivity index (χ2n) is 5.59. The molecule has 0 unspecified atom stereocenters. The van der Waals surface area contributed by atoms with E-state index in [-0.39, 0.29) is 0 Å². The Bertz CT molecular complexity index is 870. The highest BCUT2D eigenvalue weighted by Gasteiger charge is 2.05. The molecule has 5 heteroatoms. The van der Waals surface area contributed by atoms with Gasteiger partial charge >= 0.3 is 0 Å². The molecule has 0 fully saturated rings. The average Bonchev–Trinajstić information content (AvgIpc) is 2.89. The third-order valence-electron chi connectivity index (χ3n) is 3.79. The summed E-state index contributed by atoms with van der Waals surface area (Å²) in [6, 6.07) is 14.2. The van der Waals surface area contributed by atoms with Crippen molar-refractivity contribution in [3.63, 3.8) is 0 Å². The highest BCUT2D eigenvalue weighted by molar-refractivity contribution is 7.80. The van der Waals surface area contributed by atoms with E-state index in [1.54, 1.807) is 0 Å². The number of aromatic amines is 1. The second kappa shape index (κ2) is 6.60. The Morgan fingerprint density at radius 1 is 1.17 bits per heavy atom. The molecule has 0 saturated heterocycles. The molecule has 0 saturated carbocycles. The molecule has 0 aliphatic rings. The Kier molecular flexibility index (Phi) is 4.55. The number of rotatable bonds is 3. The van der Waals surface area contributed by atoms with E-state index >= 15 is 0 Å². The van der Waals surface area contributed by atoms with Crippen LogP contribution in [0.5, 0.6) is 0 Å². The lowest BCUT2D eigenvalue weighted by atomic mass is 10.1.